The van der Waals surface area contributed by atoms with Gasteiger partial charge in [-0.3, -0.25) is 4.57 Å². The zero-order valence-electron chi connectivity index (χ0n) is 19.3. The normalized spacial score (nSPS) is 22.6. The first kappa shape index (κ1) is 26.1. The van der Waals surface area contributed by atoms with Crippen molar-refractivity contribution in [3.05, 3.63) is 36.2 Å². The Hall–Kier alpha value is -3.01. The second-order valence-corrected chi connectivity index (χ2v) is 8.93. The van der Waals surface area contributed by atoms with Gasteiger partial charge < -0.3 is 40.4 Å². The molecule has 3 aromatic rings. The molecule has 0 spiro atoms. The monoisotopic (exact) mass is 521 g/mol. The van der Waals surface area contributed by atoms with Crippen LogP contribution in [0.3, 0.4) is 0 Å². The van der Waals surface area contributed by atoms with E-state index in [0.29, 0.717) is 16.5 Å². The molecule has 1 aliphatic rings. The summed E-state index contributed by atoms with van der Waals surface area (Å²) in [4.78, 5) is 24.3. The number of fused-ring (bicyclic) bond motifs is 1. The molecular formula is C22H27N5O8S. The van der Waals surface area contributed by atoms with Crippen LogP contribution in [0, 0.1) is 0 Å². The largest absolute Gasteiger partial charge is 0.491 e. The molecule has 2 aromatic heterocycles. The topological polar surface area (TPSA) is 195 Å². The summed E-state index contributed by atoms with van der Waals surface area (Å²) >= 11 is 1.14. The quantitative estimate of drug-likeness (QED) is 0.173. The SMILES string of the molecule is CCOC(=O)c1ccc(OC[C@@H](O)CSc2nc3c(N)ncnc3n2[C@@H]2O[C@H](CO)[C@@H](O)[C@H]2O)cc1. The molecule has 14 heteroatoms. The number of ether oxygens (including phenoxy) is 3. The lowest BCUT2D eigenvalue weighted by molar-refractivity contribution is -0.0548. The van der Waals surface area contributed by atoms with E-state index in [-0.39, 0.29) is 35.9 Å². The second kappa shape index (κ2) is 11.4. The smallest absolute Gasteiger partial charge is 0.338 e. The summed E-state index contributed by atoms with van der Waals surface area (Å²) in [7, 11) is 0. The van der Waals surface area contributed by atoms with Crippen molar-refractivity contribution < 1.29 is 39.4 Å². The summed E-state index contributed by atoms with van der Waals surface area (Å²) in [5.74, 6) is 0.297. The molecule has 3 heterocycles. The highest BCUT2D eigenvalue weighted by atomic mass is 32.2. The number of carbonyl (C=O) groups is 1. The molecule has 0 amide bonds. The Balaban J connectivity index is 1.44. The van der Waals surface area contributed by atoms with Crippen LogP contribution in [0.4, 0.5) is 5.82 Å². The van der Waals surface area contributed by atoms with Crippen molar-refractivity contribution in [1.82, 2.24) is 19.5 Å². The van der Waals surface area contributed by atoms with E-state index in [2.05, 4.69) is 15.0 Å². The summed E-state index contributed by atoms with van der Waals surface area (Å²) in [6.45, 7) is 1.48. The molecule has 4 rings (SSSR count). The molecule has 0 unspecified atom stereocenters. The van der Waals surface area contributed by atoms with E-state index >= 15 is 0 Å². The molecule has 5 atom stereocenters. The summed E-state index contributed by atoms with van der Waals surface area (Å²) in [5, 5.41) is 41.0. The van der Waals surface area contributed by atoms with Crippen molar-refractivity contribution in [3.63, 3.8) is 0 Å². The maximum atomic E-state index is 11.7. The summed E-state index contributed by atoms with van der Waals surface area (Å²) < 4.78 is 17.7. The Kier molecular flexibility index (Phi) is 8.23. The van der Waals surface area contributed by atoms with Crippen LogP contribution in [0.15, 0.2) is 35.7 Å². The summed E-state index contributed by atoms with van der Waals surface area (Å²) in [6.07, 6.45) is -4.44. The number of hydrogen-bond donors (Lipinski definition) is 5. The molecule has 13 nitrogen and oxygen atoms in total. The first-order chi connectivity index (χ1) is 17.3. The highest BCUT2D eigenvalue weighted by Crippen LogP contribution is 2.36. The number of aromatic nitrogens is 4. The number of nitrogens with two attached hydrogens (primary N) is 1. The number of thioether (sulfide) groups is 1. The van der Waals surface area contributed by atoms with Crippen LogP contribution < -0.4 is 10.5 Å². The van der Waals surface area contributed by atoms with Crippen LogP contribution in [-0.2, 0) is 9.47 Å². The van der Waals surface area contributed by atoms with Crippen molar-refractivity contribution in [1.29, 1.82) is 0 Å². The third kappa shape index (κ3) is 5.38. The standard InChI is InChI=1S/C22H27N5O8S/c1-2-33-21(32)11-3-5-13(6-4-11)34-8-12(29)9-36-22-26-15-18(23)24-10-25-19(15)27(22)20-17(31)16(30)14(7-28)35-20/h3-6,10,12,14,16-17,20,28-31H,2,7-9H2,1H3,(H2,23,24,25)/t12-,14-,16-,17-,20-/m1/s1. The van der Waals surface area contributed by atoms with Gasteiger partial charge in [-0.15, -0.1) is 0 Å². The van der Waals surface area contributed by atoms with Crippen molar-refractivity contribution in [3.8, 4) is 5.75 Å². The number of nitrogen functional groups attached to an aromatic ring is 1. The summed E-state index contributed by atoms with van der Waals surface area (Å²) in [5.41, 5.74) is 6.87. The molecule has 1 fully saturated rings. The number of esters is 1. The highest BCUT2D eigenvalue weighted by Gasteiger charge is 2.45. The van der Waals surface area contributed by atoms with Crippen LogP contribution in [0.25, 0.3) is 11.2 Å². The lowest BCUT2D eigenvalue weighted by atomic mass is 10.1. The number of aliphatic hydroxyl groups is 4. The molecule has 194 valence electrons. The van der Waals surface area contributed by atoms with Gasteiger partial charge in [0.05, 0.1) is 24.9 Å². The van der Waals surface area contributed by atoms with E-state index < -0.39 is 43.2 Å². The third-order valence-electron chi connectivity index (χ3n) is 5.46. The molecular weight excluding hydrogens is 494 g/mol. The van der Waals surface area contributed by atoms with Gasteiger partial charge in [0.2, 0.25) is 0 Å². The molecule has 1 aliphatic heterocycles. The van der Waals surface area contributed by atoms with E-state index in [4.69, 9.17) is 19.9 Å². The predicted molar refractivity (Wildman–Crippen MR) is 127 cm³/mol. The molecule has 36 heavy (non-hydrogen) atoms. The zero-order valence-corrected chi connectivity index (χ0v) is 20.1. The van der Waals surface area contributed by atoms with Crippen molar-refractivity contribution in [2.75, 3.05) is 31.3 Å². The van der Waals surface area contributed by atoms with Gasteiger partial charge >= 0.3 is 5.97 Å². The molecule has 1 saturated heterocycles. The lowest BCUT2D eigenvalue weighted by Crippen LogP contribution is -2.33. The van der Waals surface area contributed by atoms with Gasteiger partial charge in [-0.2, -0.15) is 0 Å². The minimum absolute atomic E-state index is 0.0399. The number of carbonyl (C=O) groups excluding carboxylic acids is 1. The van der Waals surface area contributed by atoms with Crippen molar-refractivity contribution >= 4 is 34.7 Å². The van der Waals surface area contributed by atoms with Gasteiger partial charge in [-0.1, -0.05) is 11.8 Å². The van der Waals surface area contributed by atoms with Gasteiger partial charge in [0.15, 0.2) is 28.4 Å². The number of benzene rings is 1. The Bertz CT molecular complexity index is 1190. The number of aliphatic hydroxyl groups excluding tert-OH is 4. The van der Waals surface area contributed by atoms with Gasteiger partial charge in [-0.25, -0.2) is 19.7 Å². The lowest BCUT2D eigenvalue weighted by Gasteiger charge is -2.19. The fourth-order valence-electron chi connectivity index (χ4n) is 3.64. The first-order valence-electron chi connectivity index (χ1n) is 11.2. The third-order valence-corrected chi connectivity index (χ3v) is 6.55. The van der Waals surface area contributed by atoms with Gasteiger partial charge in [0.25, 0.3) is 0 Å². The van der Waals surface area contributed by atoms with Crippen molar-refractivity contribution in [2.24, 2.45) is 0 Å². The molecule has 0 saturated carbocycles. The molecule has 0 radical (unpaired) electrons. The van der Waals surface area contributed by atoms with Gasteiger partial charge in [0, 0.05) is 5.75 Å². The number of hydrogen-bond acceptors (Lipinski definition) is 13. The number of imidazole rings is 1. The molecule has 0 bridgehead atoms. The zero-order chi connectivity index (χ0) is 25.8. The Morgan fingerprint density at radius 3 is 2.67 bits per heavy atom. The predicted octanol–water partition coefficient (Wildman–Crippen LogP) is -0.271. The van der Waals surface area contributed by atoms with E-state index in [1.165, 1.54) is 10.9 Å². The average molecular weight is 522 g/mol. The van der Waals surface area contributed by atoms with Gasteiger partial charge in [0.1, 0.15) is 37.0 Å². The van der Waals surface area contributed by atoms with E-state index in [1.807, 2.05) is 0 Å². The minimum atomic E-state index is -1.36. The summed E-state index contributed by atoms with van der Waals surface area (Å²) in [6, 6.07) is 6.36. The van der Waals surface area contributed by atoms with Gasteiger partial charge in [-0.05, 0) is 31.2 Å². The Morgan fingerprint density at radius 1 is 1.25 bits per heavy atom. The maximum absolute atomic E-state index is 11.7. The van der Waals surface area contributed by atoms with Crippen LogP contribution >= 0.6 is 11.8 Å². The minimum Gasteiger partial charge on any atom is -0.491 e. The average Bonchev–Trinajstić information content (AvgIpc) is 3.39. The second-order valence-electron chi connectivity index (χ2n) is 7.95. The molecule has 1 aromatic carbocycles. The maximum Gasteiger partial charge on any atom is 0.338 e. The van der Waals surface area contributed by atoms with E-state index in [9.17, 15) is 25.2 Å². The Morgan fingerprint density at radius 2 is 2.00 bits per heavy atom. The molecule has 0 aliphatic carbocycles. The Labute approximate surface area is 209 Å². The van der Waals surface area contributed by atoms with Crippen LogP contribution in [0.5, 0.6) is 5.75 Å². The van der Waals surface area contributed by atoms with Crippen LogP contribution in [-0.4, -0.2) is 95.9 Å². The van der Waals surface area contributed by atoms with E-state index in [0.717, 1.165) is 11.8 Å². The number of nitrogens with zero attached hydrogens (tertiary/aromatic N) is 4. The van der Waals surface area contributed by atoms with E-state index in [1.54, 1.807) is 31.2 Å². The number of anilines is 1. The van der Waals surface area contributed by atoms with Crippen LogP contribution in [0.1, 0.15) is 23.5 Å². The number of rotatable bonds is 10. The molecule has 6 N–H and O–H groups in total. The first-order valence-corrected chi connectivity index (χ1v) is 12.1. The highest BCUT2D eigenvalue weighted by molar-refractivity contribution is 7.99. The fourth-order valence-corrected chi connectivity index (χ4v) is 4.57. The van der Waals surface area contributed by atoms with Crippen molar-refractivity contribution in [2.45, 2.75) is 42.7 Å². The van der Waals surface area contributed by atoms with Crippen LogP contribution in [0.2, 0.25) is 0 Å². The fraction of sp³-hybridized carbons (Fsp3) is 0.455.